The fourth-order valence-electron chi connectivity index (χ4n) is 4.14. The molecule has 5 aromatic rings. The van der Waals surface area contributed by atoms with Gasteiger partial charge in [-0.2, -0.15) is 0 Å². The molecule has 0 aliphatic heterocycles. The summed E-state index contributed by atoms with van der Waals surface area (Å²) in [6, 6.07) is 24.3. The van der Waals surface area contributed by atoms with E-state index in [1.54, 1.807) is 12.1 Å². The standard InChI is InChI=1S/C28H22FN3O/c29-21-6-3-4-18(16-21)9-12-22-13-14-24-25-17-19(10-15-26(25)32-28(24)31-22)8-11-20-5-1-2-7-23(20)27(30)33/h1-7,9-10,12-17H,8,11H2,(H2,30,33)(H,31,32). The molecule has 0 atom stereocenters. The molecule has 4 nitrogen and oxygen atoms in total. The highest BCUT2D eigenvalue weighted by atomic mass is 19.1. The molecular formula is C28H22FN3O. The molecule has 0 spiro atoms. The Kier molecular flexibility index (Phi) is 5.45. The number of nitrogens with one attached hydrogen (secondary N) is 1. The molecule has 162 valence electrons. The van der Waals surface area contributed by atoms with Gasteiger partial charge in [0.1, 0.15) is 11.5 Å². The van der Waals surface area contributed by atoms with Crippen LogP contribution in [0.3, 0.4) is 0 Å². The van der Waals surface area contributed by atoms with E-state index in [9.17, 15) is 9.18 Å². The first-order valence-corrected chi connectivity index (χ1v) is 10.8. The maximum Gasteiger partial charge on any atom is 0.248 e. The third kappa shape index (κ3) is 4.39. The molecule has 5 heteroatoms. The number of rotatable bonds is 6. The molecule has 0 fully saturated rings. The number of nitrogens with zero attached hydrogens (tertiary/aromatic N) is 1. The maximum absolute atomic E-state index is 13.4. The van der Waals surface area contributed by atoms with Gasteiger partial charge in [-0.05, 0) is 78.1 Å². The number of hydrogen-bond donors (Lipinski definition) is 2. The normalized spacial score (nSPS) is 11.5. The number of nitrogens with two attached hydrogens (primary N) is 1. The largest absolute Gasteiger partial charge is 0.366 e. The molecule has 2 aromatic heterocycles. The molecule has 3 N–H and O–H groups in total. The quantitative estimate of drug-likeness (QED) is 0.348. The van der Waals surface area contributed by atoms with Gasteiger partial charge in [-0.25, -0.2) is 9.37 Å². The number of pyridine rings is 1. The van der Waals surface area contributed by atoms with Crippen LogP contribution in [0.4, 0.5) is 4.39 Å². The molecule has 0 aliphatic carbocycles. The Balaban J connectivity index is 1.40. The fraction of sp³-hybridized carbons (Fsp3) is 0.0714. The van der Waals surface area contributed by atoms with Crippen LogP contribution >= 0.6 is 0 Å². The van der Waals surface area contributed by atoms with E-state index in [-0.39, 0.29) is 5.82 Å². The van der Waals surface area contributed by atoms with Gasteiger partial charge >= 0.3 is 0 Å². The lowest BCUT2D eigenvalue weighted by atomic mass is 9.98. The third-order valence-corrected chi connectivity index (χ3v) is 5.81. The van der Waals surface area contributed by atoms with Crippen LogP contribution in [0.25, 0.3) is 34.1 Å². The van der Waals surface area contributed by atoms with E-state index in [2.05, 4.69) is 29.2 Å². The number of aromatic amines is 1. The first-order chi connectivity index (χ1) is 16.1. The molecule has 3 aromatic carbocycles. The van der Waals surface area contributed by atoms with Crippen molar-refractivity contribution in [3.8, 4) is 0 Å². The number of fused-ring (bicyclic) bond motifs is 3. The summed E-state index contributed by atoms with van der Waals surface area (Å²) in [6.45, 7) is 0. The summed E-state index contributed by atoms with van der Waals surface area (Å²) in [5, 5.41) is 2.16. The van der Waals surface area contributed by atoms with Gasteiger partial charge in [-0.15, -0.1) is 0 Å². The number of carbonyl (C=O) groups is 1. The van der Waals surface area contributed by atoms with Crippen LogP contribution in [0, 0.1) is 5.82 Å². The van der Waals surface area contributed by atoms with Crippen molar-refractivity contribution in [2.75, 3.05) is 0 Å². The van der Waals surface area contributed by atoms with Crippen LogP contribution in [-0.4, -0.2) is 15.9 Å². The number of H-pyrrole nitrogens is 1. The minimum absolute atomic E-state index is 0.259. The first-order valence-electron chi connectivity index (χ1n) is 10.8. The van der Waals surface area contributed by atoms with Crippen molar-refractivity contribution in [2.24, 2.45) is 5.73 Å². The van der Waals surface area contributed by atoms with Crippen LogP contribution < -0.4 is 5.73 Å². The average Bonchev–Trinajstić information content (AvgIpc) is 3.18. The summed E-state index contributed by atoms with van der Waals surface area (Å²) >= 11 is 0. The number of aryl methyl sites for hydroxylation is 2. The average molecular weight is 436 g/mol. The van der Waals surface area contributed by atoms with Crippen molar-refractivity contribution in [2.45, 2.75) is 12.8 Å². The lowest BCUT2D eigenvalue weighted by molar-refractivity contribution is 0.0999. The van der Waals surface area contributed by atoms with E-state index in [0.717, 1.165) is 51.6 Å². The van der Waals surface area contributed by atoms with Gasteiger partial charge in [-0.1, -0.05) is 42.5 Å². The molecule has 0 saturated carbocycles. The molecule has 5 rings (SSSR count). The van der Waals surface area contributed by atoms with Crippen molar-refractivity contribution in [3.05, 3.63) is 113 Å². The Labute approximate surface area is 190 Å². The number of amides is 1. The van der Waals surface area contributed by atoms with Gasteiger partial charge < -0.3 is 10.7 Å². The van der Waals surface area contributed by atoms with E-state index < -0.39 is 5.91 Å². The van der Waals surface area contributed by atoms with Crippen LogP contribution in [-0.2, 0) is 12.8 Å². The molecule has 33 heavy (non-hydrogen) atoms. The van der Waals surface area contributed by atoms with E-state index in [0.29, 0.717) is 5.56 Å². The van der Waals surface area contributed by atoms with Gasteiger partial charge in [0.25, 0.3) is 0 Å². The van der Waals surface area contributed by atoms with Crippen molar-refractivity contribution in [1.82, 2.24) is 9.97 Å². The number of primary amides is 1. The smallest absolute Gasteiger partial charge is 0.248 e. The summed E-state index contributed by atoms with van der Waals surface area (Å²) in [5.74, 6) is -0.656. The molecule has 0 saturated heterocycles. The van der Waals surface area contributed by atoms with Gasteiger partial charge in [-0.3, -0.25) is 4.79 Å². The van der Waals surface area contributed by atoms with Crippen molar-refractivity contribution >= 4 is 40.0 Å². The number of aromatic nitrogens is 2. The highest BCUT2D eigenvalue weighted by Gasteiger charge is 2.10. The SMILES string of the molecule is NC(=O)c1ccccc1CCc1ccc2[nH]c3nc(C=Cc4cccc(F)c4)ccc3c2c1. The zero-order chi connectivity index (χ0) is 22.8. The summed E-state index contributed by atoms with van der Waals surface area (Å²) in [4.78, 5) is 19.8. The Hall–Kier alpha value is -4.25. The lowest BCUT2D eigenvalue weighted by Gasteiger charge is -2.07. The second-order valence-corrected chi connectivity index (χ2v) is 8.05. The minimum atomic E-state index is -0.397. The minimum Gasteiger partial charge on any atom is -0.366 e. The van der Waals surface area contributed by atoms with Crippen molar-refractivity contribution in [1.29, 1.82) is 0 Å². The monoisotopic (exact) mass is 435 g/mol. The molecule has 0 unspecified atom stereocenters. The first kappa shape index (κ1) is 20.6. The number of hydrogen-bond acceptors (Lipinski definition) is 2. The van der Waals surface area contributed by atoms with E-state index in [1.165, 1.54) is 17.7 Å². The van der Waals surface area contributed by atoms with Gasteiger partial charge in [0.05, 0.1) is 5.69 Å². The number of carbonyl (C=O) groups excluding carboxylic acids is 1. The highest BCUT2D eigenvalue weighted by molar-refractivity contribution is 6.06. The zero-order valence-corrected chi connectivity index (χ0v) is 17.9. The van der Waals surface area contributed by atoms with Crippen molar-refractivity contribution in [3.63, 3.8) is 0 Å². The van der Waals surface area contributed by atoms with Gasteiger partial charge in [0, 0.05) is 21.9 Å². The Morgan fingerprint density at radius 2 is 1.79 bits per heavy atom. The number of halogens is 1. The van der Waals surface area contributed by atoms with Crippen LogP contribution in [0.5, 0.6) is 0 Å². The summed E-state index contributed by atoms with van der Waals surface area (Å²) < 4.78 is 13.4. The second kappa shape index (κ2) is 8.71. The zero-order valence-electron chi connectivity index (χ0n) is 17.9. The third-order valence-electron chi connectivity index (χ3n) is 5.81. The summed E-state index contributed by atoms with van der Waals surface area (Å²) in [6.07, 6.45) is 5.26. The number of benzene rings is 3. The fourth-order valence-corrected chi connectivity index (χ4v) is 4.14. The van der Waals surface area contributed by atoms with E-state index in [1.807, 2.05) is 42.5 Å². The molecule has 0 radical (unpaired) electrons. The maximum atomic E-state index is 13.4. The van der Waals surface area contributed by atoms with Gasteiger partial charge in [0.2, 0.25) is 5.91 Å². The lowest BCUT2D eigenvalue weighted by Crippen LogP contribution is -2.13. The predicted molar refractivity (Wildman–Crippen MR) is 131 cm³/mol. The van der Waals surface area contributed by atoms with Crippen LogP contribution in [0.2, 0.25) is 0 Å². The topological polar surface area (TPSA) is 71.8 Å². The summed E-state index contributed by atoms with van der Waals surface area (Å²) in [5.41, 5.74) is 11.6. The molecule has 1 amide bonds. The van der Waals surface area contributed by atoms with Crippen LogP contribution in [0.1, 0.15) is 32.7 Å². The molecule has 2 heterocycles. The Morgan fingerprint density at radius 1 is 0.909 bits per heavy atom. The highest BCUT2D eigenvalue weighted by Crippen LogP contribution is 2.26. The molecule has 0 aliphatic rings. The molecule has 0 bridgehead atoms. The van der Waals surface area contributed by atoms with E-state index in [4.69, 9.17) is 10.7 Å². The van der Waals surface area contributed by atoms with E-state index >= 15 is 0 Å². The Bertz CT molecular complexity index is 1520. The molecular weight excluding hydrogens is 413 g/mol. The summed E-state index contributed by atoms with van der Waals surface area (Å²) in [7, 11) is 0. The van der Waals surface area contributed by atoms with Gasteiger partial charge in [0.15, 0.2) is 0 Å². The van der Waals surface area contributed by atoms with Crippen molar-refractivity contribution < 1.29 is 9.18 Å². The second-order valence-electron chi connectivity index (χ2n) is 8.05. The predicted octanol–water partition coefficient (Wildman–Crippen LogP) is 5.91. The Morgan fingerprint density at radius 3 is 2.64 bits per heavy atom. The van der Waals surface area contributed by atoms with Crippen LogP contribution in [0.15, 0.2) is 78.9 Å².